The fourth-order valence-electron chi connectivity index (χ4n) is 2.96. The summed E-state index contributed by atoms with van der Waals surface area (Å²) in [5.74, 6) is 0.626. The summed E-state index contributed by atoms with van der Waals surface area (Å²) < 4.78 is 12.5. The number of ether oxygens (including phenoxy) is 2. The van der Waals surface area contributed by atoms with Gasteiger partial charge >= 0.3 is 5.97 Å². The van der Waals surface area contributed by atoms with E-state index in [0.717, 1.165) is 16.9 Å². The van der Waals surface area contributed by atoms with Gasteiger partial charge in [-0.05, 0) is 43.2 Å². The number of nitrogens with zero attached hydrogens (tertiary/aromatic N) is 3. The van der Waals surface area contributed by atoms with Crippen molar-refractivity contribution in [3.63, 3.8) is 0 Å². The van der Waals surface area contributed by atoms with E-state index >= 15 is 0 Å². The summed E-state index contributed by atoms with van der Waals surface area (Å²) in [4.78, 5) is 25.6. The van der Waals surface area contributed by atoms with E-state index in [1.165, 1.54) is 30.2 Å². The van der Waals surface area contributed by atoms with Gasteiger partial charge in [-0.1, -0.05) is 36.4 Å². The van der Waals surface area contributed by atoms with Gasteiger partial charge in [0.15, 0.2) is 11.0 Å². The molecule has 0 saturated heterocycles. The number of thiophene rings is 1. The molecule has 0 fully saturated rings. The maximum Gasteiger partial charge on any atom is 0.340 e. The average molecular weight is 521 g/mol. The molecule has 0 atom stereocenters. The number of allylic oxidation sites excluding steroid dienone is 1. The minimum Gasteiger partial charge on any atom is -0.486 e. The predicted molar refractivity (Wildman–Crippen MR) is 135 cm³/mol. The molecule has 0 aliphatic heterocycles. The summed E-state index contributed by atoms with van der Waals surface area (Å²) in [6.45, 7) is 8.34. The molecule has 8 nitrogen and oxygen atoms in total. The van der Waals surface area contributed by atoms with Crippen LogP contribution in [0.5, 0.6) is 5.75 Å². The number of amides is 1. The molecule has 2 aromatic heterocycles. The Morgan fingerprint density at radius 2 is 2.12 bits per heavy atom. The highest BCUT2D eigenvalue weighted by Crippen LogP contribution is 2.30. The van der Waals surface area contributed by atoms with Crippen LogP contribution >= 0.6 is 34.7 Å². The lowest BCUT2D eigenvalue weighted by molar-refractivity contribution is -0.113. The van der Waals surface area contributed by atoms with Crippen LogP contribution in [0.2, 0.25) is 5.02 Å². The van der Waals surface area contributed by atoms with Crippen LogP contribution in [0.25, 0.3) is 0 Å². The van der Waals surface area contributed by atoms with Gasteiger partial charge < -0.3 is 14.8 Å². The lowest BCUT2D eigenvalue weighted by atomic mass is 10.2. The van der Waals surface area contributed by atoms with E-state index < -0.39 is 5.97 Å². The second-order valence-electron chi connectivity index (χ2n) is 7.14. The molecule has 180 valence electrons. The molecule has 1 amide bonds. The lowest BCUT2D eigenvalue weighted by Crippen LogP contribution is -2.16. The number of hydrogen-bond donors (Lipinski definition) is 1. The summed E-state index contributed by atoms with van der Waals surface area (Å²) >= 11 is 8.67. The molecule has 0 aliphatic carbocycles. The maximum absolute atomic E-state index is 12.6. The van der Waals surface area contributed by atoms with Crippen LogP contribution in [0.15, 0.2) is 42.1 Å². The Morgan fingerprint density at radius 3 is 2.79 bits per heavy atom. The van der Waals surface area contributed by atoms with Crippen molar-refractivity contribution < 1.29 is 19.1 Å². The first-order valence-corrected chi connectivity index (χ1v) is 12.6. The van der Waals surface area contributed by atoms with Crippen molar-refractivity contribution >= 4 is 51.6 Å². The first-order chi connectivity index (χ1) is 16.4. The molecule has 1 aromatic carbocycles. The van der Waals surface area contributed by atoms with Crippen molar-refractivity contribution in [2.24, 2.45) is 0 Å². The molecule has 3 rings (SSSR count). The van der Waals surface area contributed by atoms with Gasteiger partial charge in [0, 0.05) is 16.4 Å². The SMILES string of the molecule is C=CCn1c(COc2ccc(Cl)c(C)c2)nnc1SCC(=O)Nc1sc(CC)cc1C(=O)OC. The molecule has 0 aliphatic rings. The smallest absolute Gasteiger partial charge is 0.340 e. The minimum absolute atomic E-state index is 0.0898. The van der Waals surface area contributed by atoms with Crippen LogP contribution in [0.4, 0.5) is 5.00 Å². The van der Waals surface area contributed by atoms with Crippen LogP contribution in [0, 0.1) is 6.92 Å². The average Bonchev–Trinajstić information content (AvgIpc) is 3.41. The number of thioether (sulfide) groups is 1. The first-order valence-electron chi connectivity index (χ1n) is 10.4. The number of rotatable bonds is 11. The zero-order valence-corrected chi connectivity index (χ0v) is 21.5. The molecule has 2 heterocycles. The lowest BCUT2D eigenvalue weighted by Gasteiger charge is -2.10. The zero-order chi connectivity index (χ0) is 24.7. The van der Waals surface area contributed by atoms with Crippen LogP contribution < -0.4 is 10.1 Å². The number of aromatic nitrogens is 3. The van der Waals surface area contributed by atoms with Gasteiger partial charge in [0.1, 0.15) is 17.4 Å². The van der Waals surface area contributed by atoms with Crippen LogP contribution in [0.3, 0.4) is 0 Å². The standard InChI is InChI=1S/C23H25ClN4O4S2/c1-5-9-28-19(12-32-15-7-8-18(24)14(3)10-15)26-27-23(28)33-13-20(29)25-21-17(22(30)31-4)11-16(6-2)34-21/h5,7-8,10-11H,1,6,9,12-13H2,2-4H3,(H,25,29). The second kappa shape index (κ2) is 12.0. The molecule has 0 saturated carbocycles. The van der Waals surface area contributed by atoms with Gasteiger partial charge in [0.2, 0.25) is 5.91 Å². The third-order valence-electron chi connectivity index (χ3n) is 4.72. The number of esters is 1. The van der Waals surface area contributed by atoms with Gasteiger partial charge in [0.25, 0.3) is 0 Å². The number of aryl methyl sites for hydroxylation is 2. The Kier molecular flexibility index (Phi) is 9.14. The molecule has 0 radical (unpaired) electrons. The van der Waals surface area contributed by atoms with Crippen molar-refractivity contribution in [2.75, 3.05) is 18.2 Å². The van der Waals surface area contributed by atoms with E-state index in [-0.39, 0.29) is 18.3 Å². The highest BCUT2D eigenvalue weighted by molar-refractivity contribution is 7.99. The summed E-state index contributed by atoms with van der Waals surface area (Å²) in [5.41, 5.74) is 1.27. The highest BCUT2D eigenvalue weighted by Gasteiger charge is 2.19. The normalized spacial score (nSPS) is 10.7. The number of halogens is 1. The topological polar surface area (TPSA) is 95.3 Å². The fourth-order valence-corrected chi connectivity index (χ4v) is 4.85. The van der Waals surface area contributed by atoms with Crippen molar-refractivity contribution in [2.45, 2.75) is 38.6 Å². The quantitative estimate of drug-likeness (QED) is 0.212. The zero-order valence-electron chi connectivity index (χ0n) is 19.1. The minimum atomic E-state index is -0.481. The molecule has 3 aromatic rings. The van der Waals surface area contributed by atoms with E-state index in [1.54, 1.807) is 24.3 Å². The fraction of sp³-hybridized carbons (Fsp3) is 0.304. The summed E-state index contributed by atoms with van der Waals surface area (Å²) in [5, 5.41) is 13.0. The van der Waals surface area contributed by atoms with Crippen molar-refractivity contribution in [1.29, 1.82) is 0 Å². The second-order valence-corrected chi connectivity index (χ2v) is 9.62. The van der Waals surface area contributed by atoms with Crippen molar-refractivity contribution in [3.05, 3.63) is 63.8 Å². The molecule has 11 heteroatoms. The van der Waals surface area contributed by atoms with Crippen molar-refractivity contribution in [3.8, 4) is 5.75 Å². The van der Waals surface area contributed by atoms with Crippen molar-refractivity contribution in [1.82, 2.24) is 14.8 Å². The number of hydrogen-bond acceptors (Lipinski definition) is 8. The highest BCUT2D eigenvalue weighted by atomic mass is 35.5. The Balaban J connectivity index is 1.65. The molecule has 0 spiro atoms. The molecule has 1 N–H and O–H groups in total. The Morgan fingerprint density at radius 1 is 1.32 bits per heavy atom. The van der Waals surface area contributed by atoms with E-state index in [2.05, 4.69) is 22.1 Å². The monoisotopic (exact) mass is 520 g/mol. The van der Waals surface area contributed by atoms with Gasteiger partial charge in [-0.25, -0.2) is 4.79 Å². The predicted octanol–water partition coefficient (Wildman–Crippen LogP) is 5.15. The summed E-state index contributed by atoms with van der Waals surface area (Å²) in [6.07, 6.45) is 2.48. The number of anilines is 1. The molecule has 0 unspecified atom stereocenters. The van der Waals surface area contributed by atoms with Crippen LogP contribution in [-0.4, -0.2) is 39.5 Å². The molecule has 34 heavy (non-hydrogen) atoms. The Hall–Kier alpha value is -2.82. The van der Waals surface area contributed by atoms with Crippen LogP contribution in [-0.2, 0) is 29.1 Å². The molecular formula is C23H25ClN4O4S2. The van der Waals surface area contributed by atoms with Gasteiger partial charge in [0.05, 0.1) is 18.4 Å². The number of benzene rings is 1. The van der Waals surface area contributed by atoms with E-state index in [9.17, 15) is 9.59 Å². The number of methoxy groups -OCH3 is 1. The van der Waals surface area contributed by atoms with Gasteiger partial charge in [-0.2, -0.15) is 0 Å². The molecular weight excluding hydrogens is 496 g/mol. The Bertz CT molecular complexity index is 1190. The molecule has 0 bridgehead atoms. The number of nitrogens with one attached hydrogen (secondary N) is 1. The maximum atomic E-state index is 12.6. The Labute approximate surface area is 211 Å². The number of carbonyl (C=O) groups is 2. The number of carbonyl (C=O) groups excluding carboxylic acids is 2. The largest absolute Gasteiger partial charge is 0.486 e. The van der Waals surface area contributed by atoms with E-state index in [0.29, 0.717) is 38.9 Å². The summed E-state index contributed by atoms with van der Waals surface area (Å²) in [7, 11) is 1.31. The van der Waals surface area contributed by atoms with Gasteiger partial charge in [-0.3, -0.25) is 9.36 Å². The third-order valence-corrected chi connectivity index (χ3v) is 7.31. The van der Waals surface area contributed by atoms with E-state index in [4.69, 9.17) is 21.1 Å². The van der Waals surface area contributed by atoms with Gasteiger partial charge in [-0.15, -0.1) is 28.1 Å². The van der Waals surface area contributed by atoms with Crippen LogP contribution in [0.1, 0.15) is 33.5 Å². The van der Waals surface area contributed by atoms with E-state index in [1.807, 2.05) is 24.5 Å². The first kappa shape index (κ1) is 25.8. The summed E-state index contributed by atoms with van der Waals surface area (Å²) in [6, 6.07) is 7.17. The third kappa shape index (κ3) is 6.40.